The first-order chi connectivity index (χ1) is 16.1. The molecule has 7 heteroatoms. The number of piperidine rings is 1. The molecule has 0 bridgehead atoms. The van der Waals surface area contributed by atoms with Crippen LogP contribution in [-0.4, -0.2) is 55.2 Å². The number of rotatable bonds is 5. The quantitative estimate of drug-likeness (QED) is 0.700. The number of ether oxygens (including phenoxy) is 3. The van der Waals surface area contributed by atoms with Gasteiger partial charge in [0.2, 0.25) is 18.6 Å². The number of methoxy groups -OCH3 is 1. The first kappa shape index (κ1) is 21.6. The molecule has 2 fully saturated rings. The van der Waals surface area contributed by atoms with Gasteiger partial charge in [0.05, 0.1) is 13.5 Å². The fraction of sp³-hybridized carbons (Fsp3) is 0.462. The van der Waals surface area contributed by atoms with Gasteiger partial charge >= 0.3 is 0 Å². The lowest BCUT2D eigenvalue weighted by Gasteiger charge is -2.37. The molecule has 7 nitrogen and oxygen atoms in total. The lowest BCUT2D eigenvalue weighted by atomic mass is 9.82. The summed E-state index contributed by atoms with van der Waals surface area (Å²) in [6.07, 6.45) is 2.78. The van der Waals surface area contributed by atoms with E-state index >= 15 is 0 Å². The van der Waals surface area contributed by atoms with Gasteiger partial charge in [-0.1, -0.05) is 18.2 Å². The summed E-state index contributed by atoms with van der Waals surface area (Å²) < 4.78 is 16.1. The highest BCUT2D eigenvalue weighted by Crippen LogP contribution is 2.35. The highest BCUT2D eigenvalue weighted by atomic mass is 16.7. The van der Waals surface area contributed by atoms with Crippen LogP contribution in [-0.2, 0) is 22.6 Å². The second kappa shape index (κ2) is 9.33. The Kier molecular flexibility index (Phi) is 6.11. The molecule has 0 spiro atoms. The van der Waals surface area contributed by atoms with Gasteiger partial charge in [0.1, 0.15) is 5.75 Å². The molecule has 2 amide bonds. The average Bonchev–Trinajstić information content (AvgIpc) is 3.24. The van der Waals surface area contributed by atoms with Gasteiger partial charge < -0.3 is 24.0 Å². The maximum atomic E-state index is 13.0. The predicted octanol–water partition coefficient (Wildman–Crippen LogP) is 3.25. The van der Waals surface area contributed by atoms with E-state index in [-0.39, 0.29) is 18.6 Å². The maximum Gasteiger partial charge on any atom is 0.231 e. The summed E-state index contributed by atoms with van der Waals surface area (Å²) in [5, 5.41) is 0. The van der Waals surface area contributed by atoms with Gasteiger partial charge in [0.25, 0.3) is 0 Å². The van der Waals surface area contributed by atoms with Crippen molar-refractivity contribution in [3.05, 3.63) is 53.6 Å². The molecule has 0 aliphatic carbocycles. The van der Waals surface area contributed by atoms with E-state index < -0.39 is 0 Å². The third kappa shape index (κ3) is 4.77. The fourth-order valence-corrected chi connectivity index (χ4v) is 5.16. The molecular formula is C26H30N2O5. The smallest absolute Gasteiger partial charge is 0.231 e. The molecule has 3 aliphatic heterocycles. The van der Waals surface area contributed by atoms with Crippen LogP contribution in [0.25, 0.3) is 0 Å². The van der Waals surface area contributed by atoms with Crippen LogP contribution in [0.3, 0.4) is 0 Å². The second-order valence-corrected chi connectivity index (χ2v) is 9.17. The molecule has 2 aromatic rings. The van der Waals surface area contributed by atoms with Crippen molar-refractivity contribution >= 4 is 11.8 Å². The average molecular weight is 451 g/mol. The van der Waals surface area contributed by atoms with E-state index in [0.717, 1.165) is 60.9 Å². The number of carbonyl (C=O) groups is 2. The number of carbonyl (C=O) groups excluding carboxylic acids is 2. The predicted molar refractivity (Wildman–Crippen MR) is 122 cm³/mol. The van der Waals surface area contributed by atoms with Crippen LogP contribution in [0.1, 0.15) is 30.4 Å². The fourth-order valence-electron chi connectivity index (χ4n) is 5.16. The standard InChI is InChI=1S/C26H30N2O5/c1-31-22-5-2-18(3-6-22)13-25(29)28-10-8-20-14-26(30)27(11-9-21(20)16-28)15-19-4-7-23-24(12-19)33-17-32-23/h2-7,12,20-21H,8-11,13-17H2,1H3. The Morgan fingerprint density at radius 3 is 2.58 bits per heavy atom. The monoisotopic (exact) mass is 450 g/mol. The number of hydrogen-bond donors (Lipinski definition) is 0. The summed E-state index contributed by atoms with van der Waals surface area (Å²) in [6.45, 7) is 3.01. The zero-order valence-corrected chi connectivity index (χ0v) is 19.0. The van der Waals surface area contributed by atoms with Crippen molar-refractivity contribution in [2.24, 2.45) is 11.8 Å². The number of hydrogen-bond acceptors (Lipinski definition) is 5. The van der Waals surface area contributed by atoms with Crippen LogP contribution < -0.4 is 14.2 Å². The number of amides is 2. The van der Waals surface area contributed by atoms with Crippen LogP contribution in [0.5, 0.6) is 17.2 Å². The summed E-state index contributed by atoms with van der Waals surface area (Å²) in [5.41, 5.74) is 2.04. The summed E-state index contributed by atoms with van der Waals surface area (Å²) >= 11 is 0. The molecule has 3 aliphatic rings. The number of likely N-dealkylation sites (tertiary alicyclic amines) is 2. The van der Waals surface area contributed by atoms with E-state index in [0.29, 0.717) is 31.2 Å². The molecule has 2 unspecified atom stereocenters. The molecule has 174 valence electrons. The molecule has 2 saturated heterocycles. The SMILES string of the molecule is COc1ccc(CC(=O)N2CCC3CC(=O)N(Cc4ccc5c(c4)OCO5)CCC3C2)cc1. The van der Waals surface area contributed by atoms with Crippen LogP contribution in [0.15, 0.2) is 42.5 Å². The van der Waals surface area contributed by atoms with Gasteiger partial charge in [-0.15, -0.1) is 0 Å². The van der Waals surface area contributed by atoms with E-state index in [1.54, 1.807) is 7.11 Å². The van der Waals surface area contributed by atoms with Crippen molar-refractivity contribution in [2.45, 2.75) is 32.2 Å². The Labute approximate surface area is 194 Å². The van der Waals surface area contributed by atoms with Crippen LogP contribution >= 0.6 is 0 Å². The highest BCUT2D eigenvalue weighted by Gasteiger charge is 2.36. The van der Waals surface area contributed by atoms with Crippen molar-refractivity contribution in [3.8, 4) is 17.2 Å². The zero-order chi connectivity index (χ0) is 22.8. The van der Waals surface area contributed by atoms with Crippen molar-refractivity contribution < 1.29 is 23.8 Å². The molecule has 33 heavy (non-hydrogen) atoms. The number of benzene rings is 2. The van der Waals surface area contributed by atoms with Crippen LogP contribution in [0.4, 0.5) is 0 Å². The first-order valence-electron chi connectivity index (χ1n) is 11.7. The zero-order valence-electron chi connectivity index (χ0n) is 19.0. The molecule has 0 saturated carbocycles. The lowest BCUT2D eigenvalue weighted by molar-refractivity contribution is -0.133. The third-order valence-electron chi connectivity index (χ3n) is 7.13. The molecule has 0 radical (unpaired) electrons. The van der Waals surface area contributed by atoms with Gasteiger partial charge in [0, 0.05) is 32.6 Å². The van der Waals surface area contributed by atoms with Gasteiger partial charge in [-0.05, 0) is 60.1 Å². The molecule has 0 N–H and O–H groups in total. The topological polar surface area (TPSA) is 68.3 Å². The van der Waals surface area contributed by atoms with Gasteiger partial charge in [0.15, 0.2) is 11.5 Å². The summed E-state index contributed by atoms with van der Waals surface area (Å²) in [4.78, 5) is 29.9. The first-order valence-corrected chi connectivity index (χ1v) is 11.7. The Bertz CT molecular complexity index is 1020. The largest absolute Gasteiger partial charge is 0.497 e. The summed E-state index contributed by atoms with van der Waals surface area (Å²) in [5.74, 6) is 3.37. The minimum absolute atomic E-state index is 0.159. The highest BCUT2D eigenvalue weighted by molar-refractivity contribution is 5.79. The van der Waals surface area contributed by atoms with Crippen molar-refractivity contribution in [1.29, 1.82) is 0 Å². The minimum Gasteiger partial charge on any atom is -0.497 e. The second-order valence-electron chi connectivity index (χ2n) is 9.17. The lowest BCUT2D eigenvalue weighted by Crippen LogP contribution is -2.44. The third-order valence-corrected chi connectivity index (χ3v) is 7.13. The molecule has 5 rings (SSSR count). The molecular weight excluding hydrogens is 420 g/mol. The van der Waals surface area contributed by atoms with E-state index in [4.69, 9.17) is 14.2 Å². The Hall–Kier alpha value is -3.22. The molecule has 2 atom stereocenters. The Balaban J connectivity index is 1.19. The molecule has 0 aromatic heterocycles. The van der Waals surface area contributed by atoms with Gasteiger partial charge in [-0.3, -0.25) is 9.59 Å². The molecule has 2 aromatic carbocycles. The van der Waals surface area contributed by atoms with Crippen molar-refractivity contribution in [3.63, 3.8) is 0 Å². The molecule has 3 heterocycles. The summed E-state index contributed by atoms with van der Waals surface area (Å²) in [7, 11) is 1.64. The van der Waals surface area contributed by atoms with E-state index in [2.05, 4.69) is 0 Å². The number of fused-ring (bicyclic) bond motifs is 2. The minimum atomic E-state index is 0.159. The van der Waals surface area contributed by atoms with E-state index in [9.17, 15) is 9.59 Å². The normalized spacial score (nSPS) is 22.0. The Morgan fingerprint density at radius 1 is 1.00 bits per heavy atom. The number of nitrogens with zero attached hydrogens (tertiary/aromatic N) is 2. The van der Waals surface area contributed by atoms with Crippen LogP contribution in [0, 0.1) is 11.8 Å². The van der Waals surface area contributed by atoms with Crippen LogP contribution in [0.2, 0.25) is 0 Å². The van der Waals surface area contributed by atoms with Crippen molar-refractivity contribution in [2.75, 3.05) is 33.5 Å². The van der Waals surface area contributed by atoms with E-state index in [1.165, 1.54) is 0 Å². The maximum absolute atomic E-state index is 13.0. The van der Waals surface area contributed by atoms with Crippen molar-refractivity contribution in [1.82, 2.24) is 9.80 Å². The van der Waals surface area contributed by atoms with Gasteiger partial charge in [-0.25, -0.2) is 0 Å². The Morgan fingerprint density at radius 2 is 1.76 bits per heavy atom. The summed E-state index contributed by atoms with van der Waals surface area (Å²) in [6, 6.07) is 13.5. The van der Waals surface area contributed by atoms with Gasteiger partial charge in [-0.2, -0.15) is 0 Å². The van der Waals surface area contributed by atoms with E-state index in [1.807, 2.05) is 52.3 Å².